The van der Waals surface area contributed by atoms with Crippen molar-refractivity contribution in [2.45, 2.75) is 64.7 Å². The number of allylic oxidation sites excluding steroid dienone is 8. The van der Waals surface area contributed by atoms with Crippen molar-refractivity contribution in [3.63, 3.8) is 0 Å². The summed E-state index contributed by atoms with van der Waals surface area (Å²) in [6, 6.07) is 14.0. The van der Waals surface area contributed by atoms with Crippen molar-refractivity contribution < 1.29 is 14.5 Å². The molecule has 3 aliphatic rings. The summed E-state index contributed by atoms with van der Waals surface area (Å²) in [5.74, 6) is -0.909. The molecule has 0 atom stereocenters. The van der Waals surface area contributed by atoms with Crippen molar-refractivity contribution in [1.82, 2.24) is 0 Å². The van der Waals surface area contributed by atoms with E-state index >= 15 is 0 Å². The van der Waals surface area contributed by atoms with Crippen LogP contribution in [0.4, 0.5) is 11.4 Å². The van der Waals surface area contributed by atoms with Crippen molar-refractivity contribution in [3.05, 3.63) is 105 Å². The summed E-state index contributed by atoms with van der Waals surface area (Å²) in [4.78, 5) is 11.5. The average Bonchev–Trinajstić information content (AvgIpc) is 3.27. The molecular weight excluding hydrogens is 492 g/mol. The number of carboxylic acids is 1. The minimum atomic E-state index is -0.909. The normalized spacial score (nSPS) is 21.8. The van der Waals surface area contributed by atoms with Crippen molar-refractivity contribution in [3.8, 4) is 0 Å². The number of para-hydroxylation sites is 1. The molecule has 0 bridgehead atoms. The largest absolute Gasteiger partial charge is 0.478 e. The van der Waals surface area contributed by atoms with E-state index in [4.69, 9.17) is 11.6 Å². The molecule has 2 aromatic rings. The zero-order valence-corrected chi connectivity index (χ0v) is 23.6. The smallest absolute Gasteiger partial charge is 0.335 e. The number of hydrogen-bond donors (Lipinski definition) is 2. The van der Waals surface area contributed by atoms with E-state index in [0.717, 1.165) is 53.4 Å². The van der Waals surface area contributed by atoms with E-state index in [1.807, 2.05) is 6.07 Å². The Bertz CT molecular complexity index is 1480. The van der Waals surface area contributed by atoms with Gasteiger partial charge in [-0.3, -0.25) is 0 Å². The Morgan fingerprint density at radius 3 is 2.53 bits per heavy atom. The lowest BCUT2D eigenvalue weighted by molar-refractivity contribution is -0.433. The van der Waals surface area contributed by atoms with Crippen LogP contribution in [0.25, 0.3) is 0 Å². The van der Waals surface area contributed by atoms with E-state index in [1.165, 1.54) is 22.5 Å². The standard InChI is InChI=1S/C33H35ClN2O2/c1-6-36-27-13-8-7-12-24(27)33(4,5)29(36)19-16-22-11-9-10-21(30(22)34)15-18-28-32(2,3)25-20-23(31(37)38)14-17-26(25)35-28/h7-8,12-20H,6,9-11H2,1-5H3,(H,37,38)/p+1. The highest BCUT2D eigenvalue weighted by Crippen LogP contribution is 2.44. The SMILES string of the molecule is CC[N+]1=C(/C=C/C2=C(Cl)C(=C/C=C3/Nc4ccc(C(=O)O)cc4C3(C)C)/CCC2)C(C)(C)c2ccccc21. The van der Waals surface area contributed by atoms with Gasteiger partial charge in [0.2, 0.25) is 5.69 Å². The predicted molar refractivity (Wildman–Crippen MR) is 157 cm³/mol. The molecule has 196 valence electrons. The van der Waals surface area contributed by atoms with Crippen LogP contribution in [0.2, 0.25) is 0 Å². The molecule has 38 heavy (non-hydrogen) atoms. The molecule has 0 unspecified atom stereocenters. The number of carbonyl (C=O) groups is 1. The monoisotopic (exact) mass is 527 g/mol. The van der Waals surface area contributed by atoms with E-state index < -0.39 is 5.97 Å². The van der Waals surface area contributed by atoms with Crippen molar-refractivity contribution >= 4 is 34.7 Å². The van der Waals surface area contributed by atoms with E-state index in [0.29, 0.717) is 5.56 Å². The van der Waals surface area contributed by atoms with Gasteiger partial charge in [0.25, 0.3) is 0 Å². The van der Waals surface area contributed by atoms with Gasteiger partial charge in [0.1, 0.15) is 6.54 Å². The molecule has 0 radical (unpaired) electrons. The number of aromatic carboxylic acids is 1. The number of anilines is 1. The zero-order chi connectivity index (χ0) is 27.2. The van der Waals surface area contributed by atoms with Crippen LogP contribution in [0.5, 0.6) is 0 Å². The van der Waals surface area contributed by atoms with Gasteiger partial charge in [-0.25, -0.2) is 4.79 Å². The van der Waals surface area contributed by atoms with Gasteiger partial charge < -0.3 is 10.4 Å². The first kappa shape index (κ1) is 26.2. The van der Waals surface area contributed by atoms with E-state index in [-0.39, 0.29) is 10.8 Å². The van der Waals surface area contributed by atoms with Crippen LogP contribution in [0.1, 0.15) is 75.4 Å². The second-order valence-electron chi connectivity index (χ2n) is 11.4. The molecule has 0 aromatic heterocycles. The summed E-state index contributed by atoms with van der Waals surface area (Å²) in [6.45, 7) is 11.9. The van der Waals surface area contributed by atoms with Crippen molar-refractivity contribution in [2.75, 3.05) is 11.9 Å². The second-order valence-corrected chi connectivity index (χ2v) is 11.8. The Morgan fingerprint density at radius 1 is 1.03 bits per heavy atom. The van der Waals surface area contributed by atoms with Gasteiger partial charge in [0, 0.05) is 39.5 Å². The summed E-state index contributed by atoms with van der Waals surface area (Å²) >= 11 is 6.99. The van der Waals surface area contributed by atoms with Gasteiger partial charge in [-0.1, -0.05) is 55.8 Å². The minimum Gasteiger partial charge on any atom is -0.478 e. The molecule has 0 saturated carbocycles. The lowest BCUT2D eigenvalue weighted by Crippen LogP contribution is -2.27. The highest BCUT2D eigenvalue weighted by atomic mass is 35.5. The quantitative estimate of drug-likeness (QED) is 0.385. The molecule has 0 amide bonds. The van der Waals surface area contributed by atoms with Crippen LogP contribution >= 0.6 is 11.6 Å². The fourth-order valence-electron chi connectivity index (χ4n) is 6.05. The fourth-order valence-corrected chi connectivity index (χ4v) is 6.37. The Kier molecular flexibility index (Phi) is 6.73. The molecule has 0 spiro atoms. The number of fused-ring (bicyclic) bond motifs is 2. The van der Waals surface area contributed by atoms with Gasteiger partial charge in [-0.05, 0) is 81.0 Å². The van der Waals surface area contributed by atoms with Gasteiger partial charge in [0.05, 0.1) is 11.0 Å². The third kappa shape index (κ3) is 4.35. The molecule has 0 fully saturated rings. The number of hydrogen-bond acceptors (Lipinski definition) is 2. The Morgan fingerprint density at radius 2 is 1.79 bits per heavy atom. The first-order chi connectivity index (χ1) is 18.1. The lowest BCUT2D eigenvalue weighted by atomic mass is 9.81. The summed E-state index contributed by atoms with van der Waals surface area (Å²) in [5.41, 5.74) is 9.16. The van der Waals surface area contributed by atoms with E-state index in [1.54, 1.807) is 12.1 Å². The Hall–Kier alpha value is -3.37. The molecule has 5 rings (SSSR count). The summed E-state index contributed by atoms with van der Waals surface area (Å²) in [5, 5.41) is 13.7. The van der Waals surface area contributed by atoms with Crippen LogP contribution in [-0.2, 0) is 10.8 Å². The number of nitrogens with one attached hydrogen (secondary N) is 1. The van der Waals surface area contributed by atoms with Crippen LogP contribution in [0, 0.1) is 0 Å². The molecule has 2 aliphatic heterocycles. The minimum absolute atomic E-state index is 0.0663. The van der Waals surface area contributed by atoms with E-state index in [9.17, 15) is 9.90 Å². The topological polar surface area (TPSA) is 52.3 Å². The highest BCUT2D eigenvalue weighted by Gasteiger charge is 2.43. The predicted octanol–water partition coefficient (Wildman–Crippen LogP) is 8.23. The second kappa shape index (κ2) is 9.74. The molecule has 2 N–H and O–H groups in total. The molecular formula is C33H36ClN2O2+. The molecule has 5 heteroatoms. The molecule has 2 heterocycles. The molecule has 0 saturated heterocycles. The van der Waals surface area contributed by atoms with Crippen LogP contribution in [-0.4, -0.2) is 27.9 Å². The van der Waals surface area contributed by atoms with Crippen LogP contribution < -0.4 is 5.32 Å². The van der Waals surface area contributed by atoms with Gasteiger partial charge in [0.15, 0.2) is 5.71 Å². The number of benzene rings is 2. The zero-order valence-electron chi connectivity index (χ0n) is 22.9. The number of carboxylic acid groups (broad SMARTS) is 1. The van der Waals surface area contributed by atoms with Gasteiger partial charge >= 0.3 is 5.97 Å². The maximum absolute atomic E-state index is 11.5. The summed E-state index contributed by atoms with van der Waals surface area (Å²) in [7, 11) is 0. The van der Waals surface area contributed by atoms with Crippen molar-refractivity contribution in [1.29, 1.82) is 0 Å². The van der Waals surface area contributed by atoms with Gasteiger partial charge in [-0.15, -0.1) is 0 Å². The average molecular weight is 528 g/mol. The maximum atomic E-state index is 11.5. The third-order valence-electron chi connectivity index (χ3n) is 8.35. The van der Waals surface area contributed by atoms with Crippen LogP contribution in [0.15, 0.2) is 88.6 Å². The Balaban J connectivity index is 1.44. The first-order valence-corrected chi connectivity index (χ1v) is 13.8. The summed E-state index contributed by atoms with van der Waals surface area (Å²) in [6.07, 6.45) is 11.7. The number of nitrogens with zero attached hydrogens (tertiary/aromatic N) is 1. The van der Waals surface area contributed by atoms with E-state index in [2.05, 4.69) is 93.1 Å². The Labute approximate surface area is 230 Å². The van der Waals surface area contributed by atoms with Crippen molar-refractivity contribution in [2.24, 2.45) is 0 Å². The lowest BCUT2D eigenvalue weighted by Gasteiger charge is -2.21. The molecule has 2 aromatic carbocycles. The highest BCUT2D eigenvalue weighted by molar-refractivity contribution is 6.32. The molecule has 1 aliphatic carbocycles. The maximum Gasteiger partial charge on any atom is 0.335 e. The first-order valence-electron chi connectivity index (χ1n) is 13.4. The number of rotatable bonds is 5. The number of halogens is 1. The fraction of sp³-hybridized carbons (Fsp3) is 0.333. The summed E-state index contributed by atoms with van der Waals surface area (Å²) < 4.78 is 2.41. The van der Waals surface area contributed by atoms with Crippen LogP contribution in [0.3, 0.4) is 0 Å². The van der Waals surface area contributed by atoms with Gasteiger partial charge in [-0.2, -0.15) is 4.58 Å². The molecule has 4 nitrogen and oxygen atoms in total. The third-order valence-corrected chi connectivity index (χ3v) is 8.83.